The predicted octanol–water partition coefficient (Wildman–Crippen LogP) is 1.85. The van der Waals surface area contributed by atoms with Gasteiger partial charge >= 0.3 is 0 Å². The number of thiazole rings is 1. The van der Waals surface area contributed by atoms with Crippen LogP contribution in [0.2, 0.25) is 0 Å². The third-order valence-electron chi connectivity index (χ3n) is 3.09. The van der Waals surface area contributed by atoms with E-state index < -0.39 is 0 Å². The summed E-state index contributed by atoms with van der Waals surface area (Å²) in [6.07, 6.45) is 7.14. The summed E-state index contributed by atoms with van der Waals surface area (Å²) in [4.78, 5) is 8.07. The number of likely N-dealkylation sites (tertiary alicyclic amines) is 1. The Balaban J connectivity index is 1.92. The van der Waals surface area contributed by atoms with Gasteiger partial charge in [0.1, 0.15) is 0 Å². The van der Waals surface area contributed by atoms with Gasteiger partial charge in [-0.25, -0.2) is 0 Å². The average molecular weight is 225 g/mol. The lowest BCUT2D eigenvalue weighted by Gasteiger charge is -2.35. The molecule has 1 unspecified atom stereocenters. The summed E-state index contributed by atoms with van der Waals surface area (Å²) in [7, 11) is 0. The lowest BCUT2D eigenvalue weighted by Crippen LogP contribution is -2.39. The van der Waals surface area contributed by atoms with Crippen LogP contribution in [0.25, 0.3) is 0 Å². The molecule has 0 aromatic carbocycles. The molecule has 0 bridgehead atoms. The van der Waals surface area contributed by atoms with Crippen LogP contribution in [-0.2, 0) is 6.54 Å². The Kier molecular flexibility index (Phi) is 4.11. The van der Waals surface area contributed by atoms with Crippen molar-refractivity contribution < 1.29 is 0 Å². The minimum Gasteiger partial charge on any atom is -0.330 e. The van der Waals surface area contributed by atoms with Crippen LogP contribution in [0.4, 0.5) is 0 Å². The molecule has 3 nitrogen and oxygen atoms in total. The third-order valence-corrected chi connectivity index (χ3v) is 3.86. The smallest absolute Gasteiger partial charge is 0.0794 e. The first-order valence-electron chi connectivity index (χ1n) is 5.71. The molecule has 0 aliphatic carbocycles. The van der Waals surface area contributed by atoms with Crippen LogP contribution < -0.4 is 5.73 Å². The van der Waals surface area contributed by atoms with Crippen LogP contribution >= 0.6 is 11.3 Å². The molecule has 0 amide bonds. The maximum absolute atomic E-state index is 5.66. The Morgan fingerprint density at radius 3 is 3.20 bits per heavy atom. The summed E-state index contributed by atoms with van der Waals surface area (Å²) < 4.78 is 0. The quantitative estimate of drug-likeness (QED) is 0.850. The maximum atomic E-state index is 5.66. The fourth-order valence-electron chi connectivity index (χ4n) is 2.31. The molecular weight excluding hydrogens is 206 g/mol. The van der Waals surface area contributed by atoms with E-state index in [1.54, 1.807) is 11.3 Å². The lowest BCUT2D eigenvalue weighted by molar-refractivity contribution is 0.135. The summed E-state index contributed by atoms with van der Waals surface area (Å²) in [6.45, 7) is 3.10. The zero-order chi connectivity index (χ0) is 10.5. The zero-order valence-corrected chi connectivity index (χ0v) is 9.88. The van der Waals surface area contributed by atoms with Crippen LogP contribution in [0.1, 0.15) is 30.6 Å². The number of hydrogen-bond acceptors (Lipinski definition) is 4. The minimum atomic E-state index is 0.700. The van der Waals surface area contributed by atoms with Crippen LogP contribution in [0.15, 0.2) is 11.7 Å². The van der Waals surface area contributed by atoms with E-state index in [9.17, 15) is 0 Å². The molecule has 1 aliphatic rings. The van der Waals surface area contributed by atoms with E-state index >= 15 is 0 Å². The molecule has 15 heavy (non-hydrogen) atoms. The van der Waals surface area contributed by atoms with Gasteiger partial charge in [-0.2, -0.15) is 0 Å². The van der Waals surface area contributed by atoms with Crippen molar-refractivity contribution >= 4 is 11.3 Å². The highest BCUT2D eigenvalue weighted by molar-refractivity contribution is 7.09. The number of aromatic nitrogens is 1. The first-order chi connectivity index (χ1) is 7.40. The van der Waals surface area contributed by atoms with Crippen molar-refractivity contribution in [2.75, 3.05) is 13.1 Å². The molecule has 1 saturated heterocycles. The molecule has 1 aromatic rings. The summed E-state index contributed by atoms with van der Waals surface area (Å²) in [6, 6.07) is 0.700. The van der Waals surface area contributed by atoms with Gasteiger partial charge in [0.2, 0.25) is 0 Å². The van der Waals surface area contributed by atoms with Gasteiger partial charge in [-0.05, 0) is 32.4 Å². The van der Waals surface area contributed by atoms with Crippen molar-refractivity contribution in [3.05, 3.63) is 16.6 Å². The van der Waals surface area contributed by atoms with Gasteiger partial charge in [0.05, 0.1) is 5.51 Å². The fourth-order valence-corrected chi connectivity index (χ4v) is 2.93. The highest BCUT2D eigenvalue weighted by atomic mass is 32.1. The van der Waals surface area contributed by atoms with Crippen molar-refractivity contribution in [1.82, 2.24) is 9.88 Å². The zero-order valence-electron chi connectivity index (χ0n) is 9.06. The van der Waals surface area contributed by atoms with E-state index in [0.717, 1.165) is 19.5 Å². The first kappa shape index (κ1) is 11.0. The lowest BCUT2D eigenvalue weighted by atomic mass is 9.99. The van der Waals surface area contributed by atoms with E-state index in [1.807, 2.05) is 11.7 Å². The van der Waals surface area contributed by atoms with Crippen LogP contribution in [0.5, 0.6) is 0 Å². The molecule has 4 heteroatoms. The van der Waals surface area contributed by atoms with E-state index in [-0.39, 0.29) is 0 Å². The van der Waals surface area contributed by atoms with Crippen molar-refractivity contribution in [3.63, 3.8) is 0 Å². The molecule has 0 radical (unpaired) electrons. The first-order valence-corrected chi connectivity index (χ1v) is 6.59. The largest absolute Gasteiger partial charge is 0.330 e. The van der Waals surface area contributed by atoms with E-state index in [4.69, 9.17) is 5.73 Å². The molecular formula is C11H19N3S. The highest BCUT2D eigenvalue weighted by Crippen LogP contribution is 2.22. The number of rotatable bonds is 4. The molecule has 2 heterocycles. The van der Waals surface area contributed by atoms with Crippen LogP contribution in [0.3, 0.4) is 0 Å². The Morgan fingerprint density at radius 2 is 2.47 bits per heavy atom. The second-order valence-electron chi connectivity index (χ2n) is 4.17. The second kappa shape index (κ2) is 5.58. The minimum absolute atomic E-state index is 0.700. The molecule has 1 aromatic heterocycles. The molecule has 1 atom stereocenters. The standard InChI is InChI=1S/C11H19N3S/c12-5-4-10-3-1-2-6-14(10)8-11-7-13-9-15-11/h7,9-10H,1-6,8,12H2. The van der Waals surface area contributed by atoms with Crippen LogP contribution in [0, 0.1) is 0 Å². The summed E-state index contributed by atoms with van der Waals surface area (Å²) in [5.41, 5.74) is 7.57. The monoisotopic (exact) mass is 225 g/mol. The topological polar surface area (TPSA) is 42.1 Å². The number of piperidine rings is 1. The second-order valence-corrected chi connectivity index (χ2v) is 5.14. The predicted molar refractivity (Wildman–Crippen MR) is 63.8 cm³/mol. The van der Waals surface area contributed by atoms with Crippen molar-refractivity contribution in [2.45, 2.75) is 38.3 Å². The fraction of sp³-hybridized carbons (Fsp3) is 0.727. The highest BCUT2D eigenvalue weighted by Gasteiger charge is 2.21. The van der Waals surface area contributed by atoms with Crippen molar-refractivity contribution in [3.8, 4) is 0 Å². The van der Waals surface area contributed by atoms with E-state index in [0.29, 0.717) is 6.04 Å². The van der Waals surface area contributed by atoms with Gasteiger partial charge in [-0.1, -0.05) is 6.42 Å². The Labute approximate surface area is 95.3 Å². The van der Waals surface area contributed by atoms with E-state index in [1.165, 1.54) is 30.7 Å². The van der Waals surface area contributed by atoms with Gasteiger partial charge in [0.25, 0.3) is 0 Å². The van der Waals surface area contributed by atoms with Crippen LogP contribution in [-0.4, -0.2) is 29.0 Å². The molecule has 1 fully saturated rings. The molecule has 0 saturated carbocycles. The summed E-state index contributed by atoms with van der Waals surface area (Å²) in [5, 5.41) is 0. The van der Waals surface area contributed by atoms with Crippen molar-refractivity contribution in [2.24, 2.45) is 5.73 Å². The van der Waals surface area contributed by atoms with Gasteiger partial charge in [0, 0.05) is 23.7 Å². The maximum Gasteiger partial charge on any atom is 0.0794 e. The molecule has 1 aliphatic heterocycles. The van der Waals surface area contributed by atoms with Crippen molar-refractivity contribution in [1.29, 1.82) is 0 Å². The Morgan fingerprint density at radius 1 is 1.53 bits per heavy atom. The Bertz CT molecular complexity index is 271. The molecule has 0 spiro atoms. The van der Waals surface area contributed by atoms with Gasteiger partial charge in [-0.3, -0.25) is 9.88 Å². The van der Waals surface area contributed by atoms with Gasteiger partial charge in [0.15, 0.2) is 0 Å². The average Bonchev–Trinajstić information content (AvgIpc) is 2.74. The van der Waals surface area contributed by atoms with E-state index in [2.05, 4.69) is 9.88 Å². The van der Waals surface area contributed by atoms with Gasteiger partial charge in [-0.15, -0.1) is 11.3 Å². The molecule has 2 rings (SSSR count). The number of hydrogen-bond donors (Lipinski definition) is 1. The SMILES string of the molecule is NCCC1CCCCN1Cc1cncs1. The normalized spacial score (nSPS) is 23.1. The third kappa shape index (κ3) is 3.00. The summed E-state index contributed by atoms with van der Waals surface area (Å²) in [5.74, 6) is 0. The molecule has 84 valence electrons. The number of nitrogens with two attached hydrogens (primary N) is 1. The number of nitrogens with zero attached hydrogens (tertiary/aromatic N) is 2. The van der Waals surface area contributed by atoms with Gasteiger partial charge < -0.3 is 5.73 Å². The Hall–Kier alpha value is -0.450. The summed E-state index contributed by atoms with van der Waals surface area (Å²) >= 11 is 1.75. The molecule has 2 N–H and O–H groups in total.